The molecule has 1 aliphatic rings. The lowest BCUT2D eigenvalue weighted by Crippen LogP contribution is -2.47. The van der Waals surface area contributed by atoms with E-state index in [1.54, 1.807) is 14.2 Å². The number of carbonyl (C=O) groups is 1. The number of hydrogen-bond donors (Lipinski definition) is 1. The summed E-state index contributed by atoms with van der Waals surface area (Å²) in [5.74, 6) is 0.681. The quantitative estimate of drug-likeness (QED) is 0.851. The van der Waals surface area contributed by atoms with Gasteiger partial charge in [-0.15, -0.1) is 0 Å². The van der Waals surface area contributed by atoms with E-state index in [1.807, 2.05) is 18.2 Å². The van der Waals surface area contributed by atoms with Crippen LogP contribution in [0.4, 0.5) is 0 Å². The van der Waals surface area contributed by atoms with Gasteiger partial charge in [0.1, 0.15) is 11.5 Å². The van der Waals surface area contributed by atoms with Crippen molar-refractivity contribution >= 4 is 5.97 Å². The molecule has 0 aliphatic carbocycles. The van der Waals surface area contributed by atoms with Gasteiger partial charge in [-0.1, -0.05) is 0 Å². The topological polar surface area (TPSA) is 65.0 Å². The van der Waals surface area contributed by atoms with Gasteiger partial charge in [0.2, 0.25) is 0 Å². The number of benzene rings is 1. The zero-order valence-corrected chi connectivity index (χ0v) is 11.1. The van der Waals surface area contributed by atoms with E-state index in [9.17, 15) is 4.79 Å². The van der Waals surface area contributed by atoms with E-state index in [0.717, 1.165) is 17.1 Å². The lowest BCUT2D eigenvalue weighted by Gasteiger charge is -2.42. The van der Waals surface area contributed by atoms with Crippen molar-refractivity contribution in [3.05, 3.63) is 23.8 Å². The third-order valence-electron chi connectivity index (χ3n) is 3.55. The Morgan fingerprint density at radius 3 is 2.58 bits per heavy atom. The molecule has 19 heavy (non-hydrogen) atoms. The Morgan fingerprint density at radius 2 is 2.11 bits per heavy atom. The SMILES string of the molecule is COc1ccc(OC)c(C2(CCC(=O)O)COC2)c1. The smallest absolute Gasteiger partial charge is 0.303 e. The van der Waals surface area contributed by atoms with Crippen LogP contribution in [0.2, 0.25) is 0 Å². The van der Waals surface area contributed by atoms with Crippen molar-refractivity contribution in [3.63, 3.8) is 0 Å². The van der Waals surface area contributed by atoms with Gasteiger partial charge in [-0.2, -0.15) is 0 Å². The van der Waals surface area contributed by atoms with Gasteiger partial charge in [0.25, 0.3) is 0 Å². The first kappa shape index (κ1) is 13.7. The van der Waals surface area contributed by atoms with E-state index in [1.165, 1.54) is 0 Å². The van der Waals surface area contributed by atoms with E-state index in [2.05, 4.69) is 0 Å². The van der Waals surface area contributed by atoms with Gasteiger partial charge in [0.05, 0.1) is 27.4 Å². The van der Waals surface area contributed by atoms with Crippen LogP contribution >= 0.6 is 0 Å². The molecule has 0 spiro atoms. The van der Waals surface area contributed by atoms with Crippen molar-refractivity contribution in [2.45, 2.75) is 18.3 Å². The van der Waals surface area contributed by atoms with Crippen molar-refractivity contribution in [1.82, 2.24) is 0 Å². The Labute approximate surface area is 112 Å². The number of aliphatic carboxylic acids is 1. The molecule has 2 rings (SSSR count). The average Bonchev–Trinajstić information content (AvgIpc) is 2.37. The number of hydrogen-bond acceptors (Lipinski definition) is 4. The maximum atomic E-state index is 10.8. The maximum Gasteiger partial charge on any atom is 0.303 e. The number of carboxylic acid groups (broad SMARTS) is 1. The normalized spacial score (nSPS) is 16.5. The van der Waals surface area contributed by atoms with Crippen LogP contribution in [-0.4, -0.2) is 38.5 Å². The minimum atomic E-state index is -0.798. The summed E-state index contributed by atoms with van der Waals surface area (Å²) in [7, 11) is 3.21. The van der Waals surface area contributed by atoms with Gasteiger partial charge in [0.15, 0.2) is 0 Å². The zero-order chi connectivity index (χ0) is 13.9. The highest BCUT2D eigenvalue weighted by Gasteiger charge is 2.42. The maximum absolute atomic E-state index is 10.8. The van der Waals surface area contributed by atoms with E-state index < -0.39 is 5.97 Å². The molecule has 1 aromatic carbocycles. The van der Waals surface area contributed by atoms with E-state index >= 15 is 0 Å². The predicted octanol–water partition coefficient (Wildman–Crippen LogP) is 1.84. The Kier molecular flexibility index (Phi) is 3.95. The van der Waals surface area contributed by atoms with Crippen LogP contribution in [0.15, 0.2) is 18.2 Å². The number of carboxylic acids is 1. The molecule has 0 bridgehead atoms. The highest BCUT2D eigenvalue weighted by molar-refractivity contribution is 5.67. The molecule has 0 saturated carbocycles. The van der Waals surface area contributed by atoms with Gasteiger partial charge in [-0.3, -0.25) is 4.79 Å². The van der Waals surface area contributed by atoms with Crippen LogP contribution in [0.1, 0.15) is 18.4 Å². The zero-order valence-electron chi connectivity index (χ0n) is 11.1. The largest absolute Gasteiger partial charge is 0.497 e. The first-order chi connectivity index (χ1) is 9.11. The van der Waals surface area contributed by atoms with Crippen LogP contribution in [-0.2, 0) is 14.9 Å². The van der Waals surface area contributed by atoms with Gasteiger partial charge in [-0.25, -0.2) is 0 Å². The summed E-state index contributed by atoms with van der Waals surface area (Å²) in [6, 6.07) is 5.57. The molecule has 1 heterocycles. The fraction of sp³-hybridized carbons (Fsp3) is 0.500. The van der Waals surface area contributed by atoms with Gasteiger partial charge in [-0.05, 0) is 24.6 Å². The molecule has 0 amide bonds. The first-order valence-electron chi connectivity index (χ1n) is 6.13. The highest BCUT2D eigenvalue weighted by Crippen LogP contribution is 2.42. The second-order valence-electron chi connectivity index (χ2n) is 4.73. The van der Waals surface area contributed by atoms with Gasteiger partial charge >= 0.3 is 5.97 Å². The van der Waals surface area contributed by atoms with Crippen LogP contribution in [0.3, 0.4) is 0 Å². The minimum absolute atomic E-state index is 0.115. The third kappa shape index (κ3) is 2.66. The predicted molar refractivity (Wildman–Crippen MR) is 68.9 cm³/mol. The van der Waals surface area contributed by atoms with Crippen LogP contribution in [0.5, 0.6) is 11.5 Å². The number of rotatable bonds is 6. The molecular formula is C14H18O5. The van der Waals surface area contributed by atoms with Crippen molar-refractivity contribution in [2.24, 2.45) is 0 Å². The second kappa shape index (κ2) is 5.48. The molecule has 0 atom stereocenters. The molecule has 1 fully saturated rings. The fourth-order valence-corrected chi connectivity index (χ4v) is 2.36. The van der Waals surface area contributed by atoms with Crippen molar-refractivity contribution in [2.75, 3.05) is 27.4 Å². The van der Waals surface area contributed by atoms with Crippen LogP contribution in [0, 0.1) is 0 Å². The molecule has 0 unspecified atom stereocenters. The molecule has 1 saturated heterocycles. The third-order valence-corrected chi connectivity index (χ3v) is 3.55. The summed E-state index contributed by atoms with van der Waals surface area (Å²) in [6.45, 7) is 1.04. The summed E-state index contributed by atoms with van der Waals surface area (Å²) >= 11 is 0. The Hall–Kier alpha value is -1.75. The van der Waals surface area contributed by atoms with Crippen LogP contribution in [0.25, 0.3) is 0 Å². The van der Waals surface area contributed by atoms with Crippen LogP contribution < -0.4 is 9.47 Å². The number of ether oxygens (including phenoxy) is 3. The lowest BCUT2D eigenvalue weighted by atomic mass is 9.74. The second-order valence-corrected chi connectivity index (χ2v) is 4.73. The monoisotopic (exact) mass is 266 g/mol. The highest BCUT2D eigenvalue weighted by atomic mass is 16.5. The average molecular weight is 266 g/mol. The fourth-order valence-electron chi connectivity index (χ4n) is 2.36. The lowest BCUT2D eigenvalue weighted by molar-refractivity contribution is -0.139. The summed E-state index contributed by atoms with van der Waals surface area (Å²) in [4.78, 5) is 10.8. The molecule has 5 heteroatoms. The molecule has 5 nitrogen and oxygen atoms in total. The summed E-state index contributed by atoms with van der Waals surface area (Å²) in [5, 5.41) is 8.87. The molecule has 0 radical (unpaired) electrons. The van der Waals surface area contributed by atoms with Crippen molar-refractivity contribution in [1.29, 1.82) is 0 Å². The standard InChI is InChI=1S/C14H18O5/c1-17-10-3-4-12(18-2)11(7-10)14(8-19-9-14)6-5-13(15)16/h3-4,7H,5-6,8-9H2,1-2H3,(H,15,16). The molecule has 0 aromatic heterocycles. The Balaban J connectivity index is 2.33. The summed E-state index contributed by atoms with van der Waals surface area (Å²) in [5.41, 5.74) is 0.681. The van der Waals surface area contributed by atoms with E-state index in [0.29, 0.717) is 19.6 Å². The Morgan fingerprint density at radius 1 is 1.37 bits per heavy atom. The minimum Gasteiger partial charge on any atom is -0.497 e. The molecular weight excluding hydrogens is 248 g/mol. The van der Waals surface area contributed by atoms with Gasteiger partial charge < -0.3 is 19.3 Å². The molecule has 104 valence electrons. The Bertz CT molecular complexity index is 465. The van der Waals surface area contributed by atoms with E-state index in [4.69, 9.17) is 19.3 Å². The van der Waals surface area contributed by atoms with Crippen molar-refractivity contribution < 1.29 is 24.1 Å². The van der Waals surface area contributed by atoms with E-state index in [-0.39, 0.29) is 11.8 Å². The first-order valence-corrected chi connectivity index (χ1v) is 6.13. The van der Waals surface area contributed by atoms with Crippen molar-refractivity contribution in [3.8, 4) is 11.5 Å². The summed E-state index contributed by atoms with van der Waals surface area (Å²) in [6.07, 6.45) is 0.648. The molecule has 1 aliphatic heterocycles. The molecule has 1 N–H and O–H groups in total. The number of methoxy groups -OCH3 is 2. The summed E-state index contributed by atoms with van der Waals surface area (Å²) < 4.78 is 15.9. The molecule has 1 aromatic rings. The van der Waals surface area contributed by atoms with Gasteiger partial charge in [0, 0.05) is 17.4 Å².